The molecule has 0 saturated heterocycles. The van der Waals surface area contributed by atoms with E-state index in [1.54, 1.807) is 11.1 Å². The SMILES string of the molecule is CCN1C(=O)Cc2cnc(CCN)nc21. The molecule has 0 radical (unpaired) electrons. The third kappa shape index (κ3) is 1.70. The summed E-state index contributed by atoms with van der Waals surface area (Å²) in [7, 11) is 0. The largest absolute Gasteiger partial charge is 0.330 e. The quantitative estimate of drug-likeness (QED) is 0.748. The topological polar surface area (TPSA) is 72.1 Å². The van der Waals surface area contributed by atoms with Gasteiger partial charge in [0.1, 0.15) is 11.6 Å². The average molecular weight is 206 g/mol. The summed E-state index contributed by atoms with van der Waals surface area (Å²) in [6.07, 6.45) is 2.81. The summed E-state index contributed by atoms with van der Waals surface area (Å²) in [5.74, 6) is 1.58. The lowest BCUT2D eigenvalue weighted by Gasteiger charge is -2.13. The van der Waals surface area contributed by atoms with Crippen LogP contribution < -0.4 is 10.6 Å². The molecule has 1 aliphatic rings. The van der Waals surface area contributed by atoms with Crippen molar-refractivity contribution in [3.63, 3.8) is 0 Å². The molecule has 0 unspecified atom stereocenters. The number of carbonyl (C=O) groups is 1. The molecule has 2 N–H and O–H groups in total. The molecule has 0 aromatic carbocycles. The highest BCUT2D eigenvalue weighted by molar-refractivity contribution is 5.99. The molecular formula is C10H14N4O. The minimum Gasteiger partial charge on any atom is -0.330 e. The van der Waals surface area contributed by atoms with Crippen LogP contribution in [-0.2, 0) is 17.6 Å². The Kier molecular flexibility index (Phi) is 2.64. The van der Waals surface area contributed by atoms with Crippen molar-refractivity contribution in [2.75, 3.05) is 18.0 Å². The van der Waals surface area contributed by atoms with Gasteiger partial charge in [-0.3, -0.25) is 9.69 Å². The van der Waals surface area contributed by atoms with Gasteiger partial charge < -0.3 is 5.73 Å². The Bertz CT molecular complexity index is 391. The monoisotopic (exact) mass is 206 g/mol. The molecule has 1 aliphatic heterocycles. The Morgan fingerprint density at radius 3 is 3.07 bits per heavy atom. The smallest absolute Gasteiger partial charge is 0.232 e. The van der Waals surface area contributed by atoms with Gasteiger partial charge in [-0.2, -0.15) is 0 Å². The second kappa shape index (κ2) is 3.94. The zero-order valence-corrected chi connectivity index (χ0v) is 8.73. The number of likely N-dealkylation sites (N-methyl/N-ethyl adjacent to an activating group) is 1. The lowest BCUT2D eigenvalue weighted by atomic mass is 10.2. The van der Waals surface area contributed by atoms with Crippen LogP contribution in [0.5, 0.6) is 0 Å². The summed E-state index contributed by atoms with van der Waals surface area (Å²) in [6.45, 7) is 3.13. The Hall–Kier alpha value is -1.49. The van der Waals surface area contributed by atoms with Gasteiger partial charge >= 0.3 is 0 Å². The fraction of sp³-hybridized carbons (Fsp3) is 0.500. The lowest BCUT2D eigenvalue weighted by Crippen LogP contribution is -2.26. The number of rotatable bonds is 3. The van der Waals surface area contributed by atoms with Crippen molar-refractivity contribution in [2.24, 2.45) is 5.73 Å². The average Bonchev–Trinajstić information content (AvgIpc) is 2.53. The highest BCUT2D eigenvalue weighted by Crippen LogP contribution is 2.25. The molecule has 1 amide bonds. The molecule has 2 heterocycles. The van der Waals surface area contributed by atoms with Crippen molar-refractivity contribution in [1.29, 1.82) is 0 Å². The number of anilines is 1. The third-order valence-corrected chi connectivity index (χ3v) is 2.47. The number of nitrogens with zero attached hydrogens (tertiary/aromatic N) is 3. The maximum atomic E-state index is 11.6. The van der Waals surface area contributed by atoms with Crippen LogP contribution in [-0.4, -0.2) is 29.0 Å². The van der Waals surface area contributed by atoms with Crippen LogP contribution in [0.3, 0.4) is 0 Å². The van der Waals surface area contributed by atoms with Gasteiger partial charge in [-0.25, -0.2) is 9.97 Å². The summed E-state index contributed by atoms with van der Waals surface area (Å²) < 4.78 is 0. The summed E-state index contributed by atoms with van der Waals surface area (Å²) in [5, 5.41) is 0. The molecule has 5 nitrogen and oxygen atoms in total. The molecule has 0 atom stereocenters. The molecular weight excluding hydrogens is 192 g/mol. The minimum absolute atomic E-state index is 0.103. The van der Waals surface area contributed by atoms with E-state index in [1.807, 2.05) is 6.92 Å². The number of nitrogens with two attached hydrogens (primary N) is 1. The Labute approximate surface area is 88.3 Å². The van der Waals surface area contributed by atoms with Crippen molar-refractivity contribution >= 4 is 11.7 Å². The number of amides is 1. The molecule has 0 saturated carbocycles. The van der Waals surface area contributed by atoms with Gasteiger partial charge in [-0.1, -0.05) is 0 Å². The van der Waals surface area contributed by atoms with Crippen molar-refractivity contribution in [3.05, 3.63) is 17.6 Å². The van der Waals surface area contributed by atoms with Crippen LogP contribution in [0.2, 0.25) is 0 Å². The molecule has 1 aromatic heterocycles. The number of hydrogen-bond acceptors (Lipinski definition) is 4. The molecule has 0 spiro atoms. The summed E-state index contributed by atoms with van der Waals surface area (Å²) >= 11 is 0. The standard InChI is InChI=1S/C10H14N4O/c1-2-14-9(15)5-7-6-12-8(3-4-11)13-10(7)14/h6H,2-5,11H2,1H3. The molecule has 1 aromatic rings. The van der Waals surface area contributed by atoms with Crippen molar-refractivity contribution in [3.8, 4) is 0 Å². The minimum atomic E-state index is 0.103. The van der Waals surface area contributed by atoms with Crippen molar-refractivity contribution in [1.82, 2.24) is 9.97 Å². The predicted octanol–water partition coefficient (Wildman–Crippen LogP) is -0.113. The van der Waals surface area contributed by atoms with E-state index in [9.17, 15) is 4.79 Å². The molecule has 0 aliphatic carbocycles. The van der Waals surface area contributed by atoms with E-state index in [0.29, 0.717) is 31.8 Å². The van der Waals surface area contributed by atoms with Crippen LogP contribution in [0.15, 0.2) is 6.20 Å². The molecule has 15 heavy (non-hydrogen) atoms. The van der Waals surface area contributed by atoms with Crippen molar-refractivity contribution in [2.45, 2.75) is 19.8 Å². The van der Waals surface area contributed by atoms with Gasteiger partial charge in [-0.05, 0) is 13.5 Å². The molecule has 80 valence electrons. The number of hydrogen-bond donors (Lipinski definition) is 1. The van der Waals surface area contributed by atoms with E-state index in [2.05, 4.69) is 9.97 Å². The first-order valence-electron chi connectivity index (χ1n) is 5.11. The number of aromatic nitrogens is 2. The maximum absolute atomic E-state index is 11.6. The van der Waals surface area contributed by atoms with Gasteiger partial charge in [-0.15, -0.1) is 0 Å². The lowest BCUT2D eigenvalue weighted by molar-refractivity contribution is -0.117. The molecule has 2 rings (SSSR count). The van der Waals surface area contributed by atoms with Gasteiger partial charge in [0.25, 0.3) is 0 Å². The first kappa shape index (κ1) is 10.0. The number of carbonyl (C=O) groups excluding carboxylic acids is 1. The third-order valence-electron chi connectivity index (χ3n) is 2.47. The Balaban J connectivity index is 2.35. The van der Waals surface area contributed by atoms with Gasteiger partial charge in [0, 0.05) is 24.7 Å². The van der Waals surface area contributed by atoms with Crippen LogP contribution in [0.4, 0.5) is 5.82 Å². The molecule has 0 fully saturated rings. The van der Waals surface area contributed by atoms with E-state index in [0.717, 1.165) is 11.4 Å². The van der Waals surface area contributed by atoms with Crippen LogP contribution in [0.25, 0.3) is 0 Å². The fourth-order valence-electron chi connectivity index (χ4n) is 1.74. The second-order valence-electron chi connectivity index (χ2n) is 3.49. The summed E-state index contributed by atoms with van der Waals surface area (Å²) in [6, 6.07) is 0. The highest BCUT2D eigenvalue weighted by atomic mass is 16.2. The van der Waals surface area contributed by atoms with E-state index in [-0.39, 0.29) is 5.91 Å². The first-order valence-corrected chi connectivity index (χ1v) is 5.11. The Morgan fingerprint density at radius 2 is 2.40 bits per heavy atom. The zero-order valence-electron chi connectivity index (χ0n) is 8.73. The van der Waals surface area contributed by atoms with Gasteiger partial charge in [0.05, 0.1) is 6.42 Å². The van der Waals surface area contributed by atoms with E-state index < -0.39 is 0 Å². The van der Waals surface area contributed by atoms with Crippen LogP contribution in [0.1, 0.15) is 18.3 Å². The number of fused-ring (bicyclic) bond motifs is 1. The second-order valence-corrected chi connectivity index (χ2v) is 3.49. The van der Waals surface area contributed by atoms with Crippen LogP contribution >= 0.6 is 0 Å². The Morgan fingerprint density at radius 1 is 1.60 bits per heavy atom. The maximum Gasteiger partial charge on any atom is 0.232 e. The first-order chi connectivity index (χ1) is 7.26. The molecule has 0 bridgehead atoms. The summed E-state index contributed by atoms with van der Waals surface area (Å²) in [5.41, 5.74) is 6.36. The van der Waals surface area contributed by atoms with E-state index in [4.69, 9.17) is 5.73 Å². The normalized spacial score (nSPS) is 14.5. The van der Waals surface area contributed by atoms with E-state index in [1.165, 1.54) is 0 Å². The van der Waals surface area contributed by atoms with Crippen LogP contribution in [0, 0.1) is 0 Å². The van der Waals surface area contributed by atoms with Crippen molar-refractivity contribution < 1.29 is 4.79 Å². The van der Waals surface area contributed by atoms with Gasteiger partial charge in [0.15, 0.2) is 0 Å². The van der Waals surface area contributed by atoms with E-state index >= 15 is 0 Å². The zero-order chi connectivity index (χ0) is 10.8. The highest BCUT2D eigenvalue weighted by Gasteiger charge is 2.27. The summed E-state index contributed by atoms with van der Waals surface area (Å²) in [4.78, 5) is 21.8. The molecule has 5 heteroatoms. The predicted molar refractivity (Wildman–Crippen MR) is 56.5 cm³/mol. The van der Waals surface area contributed by atoms with Gasteiger partial charge in [0.2, 0.25) is 5.91 Å². The fourth-order valence-corrected chi connectivity index (χ4v) is 1.74.